The minimum atomic E-state index is -0.463. The van der Waals surface area contributed by atoms with Gasteiger partial charge in [-0.2, -0.15) is 4.98 Å². The van der Waals surface area contributed by atoms with Crippen LogP contribution in [-0.2, 0) is 7.05 Å². The van der Waals surface area contributed by atoms with Gasteiger partial charge in [0.2, 0.25) is 5.69 Å². The van der Waals surface area contributed by atoms with E-state index in [1.165, 1.54) is 4.57 Å². The number of aryl methyl sites for hydroxylation is 1. The summed E-state index contributed by atoms with van der Waals surface area (Å²) < 4.78 is 1.43. The number of nitro groups is 1. The van der Waals surface area contributed by atoms with Gasteiger partial charge < -0.3 is 10.1 Å². The molecule has 5 heteroatoms. The molecule has 0 N–H and O–H groups in total. The smallest absolute Gasteiger partial charge is 0.358 e. The second kappa shape index (κ2) is 4.72. The summed E-state index contributed by atoms with van der Waals surface area (Å²) in [6.45, 7) is 1.71. The number of aromatic nitrogens is 2. The normalized spacial score (nSPS) is 9.67. The van der Waals surface area contributed by atoms with Crippen LogP contribution < -0.4 is 0 Å². The molecule has 0 aliphatic rings. The highest BCUT2D eigenvalue weighted by Crippen LogP contribution is 2.17. The third-order valence-corrected chi connectivity index (χ3v) is 2.56. The Morgan fingerprint density at radius 2 is 1.94 bits per heavy atom. The monoisotopic (exact) mass is 241 g/mol. The Labute approximate surface area is 104 Å². The summed E-state index contributed by atoms with van der Waals surface area (Å²) >= 11 is 0. The fourth-order valence-corrected chi connectivity index (χ4v) is 1.54. The van der Waals surface area contributed by atoms with Crippen molar-refractivity contribution in [1.82, 2.24) is 9.55 Å². The SMILES string of the molecule is Cc1nc(C#Cc2ccccc2)c([N+](=O)[O-])n1C. The van der Waals surface area contributed by atoms with Crippen molar-refractivity contribution in [3.8, 4) is 11.8 Å². The minimum absolute atomic E-state index is 0.0732. The van der Waals surface area contributed by atoms with E-state index in [-0.39, 0.29) is 11.5 Å². The lowest BCUT2D eigenvalue weighted by Gasteiger charge is -1.94. The summed E-state index contributed by atoms with van der Waals surface area (Å²) in [6.07, 6.45) is 0. The molecule has 2 aromatic rings. The predicted octanol–water partition coefficient (Wildman–Crippen LogP) is 2.04. The van der Waals surface area contributed by atoms with Crippen molar-refractivity contribution < 1.29 is 4.92 Å². The van der Waals surface area contributed by atoms with E-state index in [1.54, 1.807) is 14.0 Å². The van der Waals surface area contributed by atoms with Gasteiger partial charge in [0.25, 0.3) is 0 Å². The second-order valence-corrected chi connectivity index (χ2v) is 3.76. The number of hydrogen-bond acceptors (Lipinski definition) is 3. The van der Waals surface area contributed by atoms with E-state index in [1.807, 2.05) is 30.3 Å². The van der Waals surface area contributed by atoms with Crippen molar-refractivity contribution in [1.29, 1.82) is 0 Å². The lowest BCUT2D eigenvalue weighted by Crippen LogP contribution is -1.99. The van der Waals surface area contributed by atoms with Crippen LogP contribution in [0.5, 0.6) is 0 Å². The molecule has 0 saturated carbocycles. The summed E-state index contributed by atoms with van der Waals surface area (Å²) in [7, 11) is 1.61. The maximum absolute atomic E-state index is 10.9. The molecule has 0 bridgehead atoms. The van der Waals surface area contributed by atoms with Crippen molar-refractivity contribution in [2.45, 2.75) is 6.92 Å². The Morgan fingerprint density at radius 1 is 1.28 bits per heavy atom. The third kappa shape index (κ3) is 2.23. The van der Waals surface area contributed by atoms with Crippen LogP contribution in [0.25, 0.3) is 0 Å². The van der Waals surface area contributed by atoms with E-state index in [0.717, 1.165) is 5.56 Å². The van der Waals surface area contributed by atoms with Crippen LogP contribution in [0.4, 0.5) is 5.82 Å². The van der Waals surface area contributed by atoms with Gasteiger partial charge in [-0.25, -0.2) is 4.57 Å². The Kier molecular flexibility index (Phi) is 3.11. The Hall–Kier alpha value is -2.61. The Bertz CT molecular complexity index is 648. The minimum Gasteiger partial charge on any atom is -0.358 e. The highest BCUT2D eigenvalue weighted by Gasteiger charge is 2.20. The first-order chi connectivity index (χ1) is 8.59. The molecule has 2 rings (SSSR count). The number of nitrogens with zero attached hydrogens (tertiary/aromatic N) is 3. The molecule has 0 amide bonds. The molecular weight excluding hydrogens is 230 g/mol. The van der Waals surface area contributed by atoms with Crippen LogP contribution in [0.15, 0.2) is 30.3 Å². The largest absolute Gasteiger partial charge is 0.358 e. The van der Waals surface area contributed by atoms with Crippen LogP contribution in [0.3, 0.4) is 0 Å². The summed E-state index contributed by atoms with van der Waals surface area (Å²) in [5, 5.41) is 10.9. The zero-order chi connectivity index (χ0) is 13.1. The molecule has 1 aromatic heterocycles. The second-order valence-electron chi connectivity index (χ2n) is 3.76. The fourth-order valence-electron chi connectivity index (χ4n) is 1.54. The summed E-state index contributed by atoms with van der Waals surface area (Å²) in [6, 6.07) is 9.30. The number of rotatable bonds is 1. The van der Waals surface area contributed by atoms with E-state index in [0.29, 0.717) is 5.82 Å². The average Bonchev–Trinajstić information content (AvgIpc) is 2.64. The molecule has 0 aliphatic heterocycles. The van der Waals surface area contributed by atoms with E-state index in [2.05, 4.69) is 16.8 Å². The number of imidazole rings is 1. The van der Waals surface area contributed by atoms with Gasteiger partial charge in [-0.05, 0) is 23.0 Å². The first-order valence-corrected chi connectivity index (χ1v) is 5.34. The summed E-state index contributed by atoms with van der Waals surface area (Å²) in [4.78, 5) is 14.6. The zero-order valence-electron chi connectivity index (χ0n) is 10.0. The van der Waals surface area contributed by atoms with Gasteiger partial charge >= 0.3 is 5.82 Å². The van der Waals surface area contributed by atoms with Crippen LogP contribution in [0.1, 0.15) is 17.1 Å². The van der Waals surface area contributed by atoms with Gasteiger partial charge in [-0.1, -0.05) is 24.1 Å². The molecule has 18 heavy (non-hydrogen) atoms. The average molecular weight is 241 g/mol. The highest BCUT2D eigenvalue weighted by atomic mass is 16.6. The molecule has 5 nitrogen and oxygen atoms in total. The molecule has 0 unspecified atom stereocenters. The van der Waals surface area contributed by atoms with Crippen molar-refractivity contribution in [2.24, 2.45) is 7.05 Å². The fraction of sp³-hybridized carbons (Fsp3) is 0.154. The molecule has 0 atom stereocenters. The van der Waals surface area contributed by atoms with Gasteiger partial charge in [0.15, 0.2) is 5.82 Å². The highest BCUT2D eigenvalue weighted by molar-refractivity contribution is 5.47. The molecule has 1 heterocycles. The molecule has 90 valence electrons. The summed E-state index contributed by atoms with van der Waals surface area (Å²) in [5.41, 5.74) is 0.999. The first-order valence-electron chi connectivity index (χ1n) is 5.34. The van der Waals surface area contributed by atoms with E-state index in [9.17, 15) is 10.1 Å². The maximum atomic E-state index is 10.9. The van der Waals surface area contributed by atoms with Crippen LogP contribution in [-0.4, -0.2) is 14.5 Å². The third-order valence-electron chi connectivity index (χ3n) is 2.56. The molecule has 0 spiro atoms. The van der Waals surface area contributed by atoms with E-state index >= 15 is 0 Å². The molecule has 1 aromatic carbocycles. The van der Waals surface area contributed by atoms with Crippen molar-refractivity contribution in [3.63, 3.8) is 0 Å². The topological polar surface area (TPSA) is 61.0 Å². The van der Waals surface area contributed by atoms with Gasteiger partial charge in [0.05, 0.1) is 7.05 Å². The number of benzene rings is 1. The van der Waals surface area contributed by atoms with Gasteiger partial charge in [-0.15, -0.1) is 0 Å². The molecule has 0 saturated heterocycles. The van der Waals surface area contributed by atoms with Gasteiger partial charge in [0.1, 0.15) is 0 Å². The molecular formula is C13H11N3O2. The lowest BCUT2D eigenvalue weighted by atomic mass is 10.2. The van der Waals surface area contributed by atoms with E-state index < -0.39 is 4.92 Å². The molecule has 0 fully saturated rings. The van der Waals surface area contributed by atoms with Crippen molar-refractivity contribution in [2.75, 3.05) is 0 Å². The van der Waals surface area contributed by atoms with E-state index in [4.69, 9.17) is 0 Å². The van der Waals surface area contributed by atoms with Crippen molar-refractivity contribution in [3.05, 3.63) is 57.5 Å². The Balaban J connectivity index is 2.45. The van der Waals surface area contributed by atoms with Crippen LogP contribution in [0, 0.1) is 28.9 Å². The quantitative estimate of drug-likeness (QED) is 0.436. The summed E-state index contributed by atoms with van der Waals surface area (Å²) in [5.74, 6) is 6.11. The Morgan fingerprint density at radius 3 is 2.56 bits per heavy atom. The lowest BCUT2D eigenvalue weighted by molar-refractivity contribution is -0.392. The molecule has 0 radical (unpaired) electrons. The van der Waals surface area contributed by atoms with Gasteiger partial charge in [0, 0.05) is 12.5 Å². The number of hydrogen-bond donors (Lipinski definition) is 0. The van der Waals surface area contributed by atoms with Crippen molar-refractivity contribution >= 4 is 5.82 Å². The molecule has 0 aliphatic carbocycles. The maximum Gasteiger partial charge on any atom is 0.358 e. The van der Waals surface area contributed by atoms with Gasteiger partial charge in [-0.3, -0.25) is 0 Å². The first kappa shape index (κ1) is 11.9. The standard InChI is InChI=1S/C13H11N3O2/c1-10-14-12(13(15(10)2)16(17)18)9-8-11-6-4-3-5-7-11/h3-7H,1-2H3. The van der Waals surface area contributed by atoms with Crippen LogP contribution in [0.2, 0.25) is 0 Å². The predicted molar refractivity (Wildman–Crippen MR) is 67.0 cm³/mol. The zero-order valence-corrected chi connectivity index (χ0v) is 10.0. The van der Waals surface area contributed by atoms with Crippen LogP contribution >= 0.6 is 0 Å².